The predicted molar refractivity (Wildman–Crippen MR) is 84.9 cm³/mol. The van der Waals surface area contributed by atoms with Gasteiger partial charge in [0.15, 0.2) is 0 Å². The molecule has 0 aliphatic heterocycles. The van der Waals surface area contributed by atoms with E-state index in [4.69, 9.17) is 10.3 Å². The zero-order valence-electron chi connectivity index (χ0n) is 11.6. The molecule has 0 saturated carbocycles. The summed E-state index contributed by atoms with van der Waals surface area (Å²) in [5.41, 5.74) is 9.46. The first-order chi connectivity index (χ1) is 10.4. The van der Waals surface area contributed by atoms with Crippen LogP contribution in [0.5, 0.6) is 0 Å². The Morgan fingerprint density at radius 3 is 2.14 bits per heavy atom. The number of nitrogens with one attached hydrogen (secondary N) is 1. The number of hydrogen-bond donors (Lipinski definition) is 2. The molecule has 106 valence electrons. The van der Waals surface area contributed by atoms with Gasteiger partial charge in [-0.2, -0.15) is 0 Å². The second-order valence-electron chi connectivity index (χ2n) is 4.68. The van der Waals surface area contributed by atoms with E-state index in [1.165, 1.54) is 0 Å². The number of nitrogens with two attached hydrogens (primary N) is 1. The van der Waals surface area contributed by atoms with Crippen LogP contribution in [0, 0.1) is 0 Å². The second kappa shape index (κ2) is 6.24. The van der Waals surface area contributed by atoms with Crippen LogP contribution in [0.15, 0.2) is 65.2 Å². The summed E-state index contributed by atoms with van der Waals surface area (Å²) in [6, 6.07) is 20.1. The molecule has 4 nitrogen and oxygen atoms in total. The third-order valence-corrected chi connectivity index (χ3v) is 3.23. The minimum absolute atomic E-state index is 0.537. The Morgan fingerprint density at radius 2 is 1.52 bits per heavy atom. The largest absolute Gasteiger partial charge is 0.352 e. The van der Waals surface area contributed by atoms with Gasteiger partial charge in [0, 0.05) is 18.7 Å². The number of aromatic nitrogens is 1. The first-order valence-electron chi connectivity index (χ1n) is 6.94. The zero-order valence-corrected chi connectivity index (χ0v) is 11.6. The quantitative estimate of drug-likeness (QED) is 0.751. The Labute approximate surface area is 123 Å². The van der Waals surface area contributed by atoms with E-state index in [-0.39, 0.29) is 0 Å². The molecule has 0 atom stereocenters. The lowest BCUT2D eigenvalue weighted by molar-refractivity contribution is 0.435. The number of nitrogens with zero attached hydrogens (tertiary/aromatic N) is 1. The summed E-state index contributed by atoms with van der Waals surface area (Å²) in [6.07, 6.45) is 0. The highest BCUT2D eigenvalue weighted by Gasteiger charge is 2.18. The molecule has 0 unspecified atom stereocenters. The minimum Gasteiger partial charge on any atom is -0.352 e. The molecular weight excluding hydrogens is 262 g/mol. The van der Waals surface area contributed by atoms with Crippen molar-refractivity contribution in [3.63, 3.8) is 0 Å². The van der Waals surface area contributed by atoms with Crippen LogP contribution in [-0.2, 0) is 0 Å². The molecule has 3 rings (SSSR count). The molecule has 3 aromatic rings. The average Bonchev–Trinajstić information content (AvgIpc) is 2.98. The Kier molecular flexibility index (Phi) is 3.98. The number of hydrogen-bond acceptors (Lipinski definition) is 4. The van der Waals surface area contributed by atoms with Crippen molar-refractivity contribution in [3.05, 3.63) is 60.7 Å². The van der Waals surface area contributed by atoms with Gasteiger partial charge in [-0.15, -0.1) is 0 Å². The van der Waals surface area contributed by atoms with E-state index in [0.717, 1.165) is 22.4 Å². The normalized spacial score (nSPS) is 10.5. The second-order valence-corrected chi connectivity index (χ2v) is 4.68. The molecule has 4 heteroatoms. The van der Waals surface area contributed by atoms with Crippen LogP contribution < -0.4 is 11.1 Å². The molecule has 2 aromatic carbocycles. The summed E-state index contributed by atoms with van der Waals surface area (Å²) in [7, 11) is 0. The smallest absolute Gasteiger partial charge is 0.233 e. The van der Waals surface area contributed by atoms with Gasteiger partial charge in [-0.3, -0.25) is 0 Å². The summed E-state index contributed by atoms with van der Waals surface area (Å²) < 4.78 is 5.49. The molecule has 1 aromatic heterocycles. The van der Waals surface area contributed by atoms with Gasteiger partial charge in [0.1, 0.15) is 5.69 Å². The van der Waals surface area contributed by atoms with Gasteiger partial charge in [-0.05, 0) is 5.56 Å². The molecule has 0 aliphatic rings. The maximum Gasteiger partial charge on any atom is 0.233 e. The number of rotatable bonds is 5. The Hall–Kier alpha value is -2.59. The Bertz CT molecular complexity index is 693. The van der Waals surface area contributed by atoms with Crippen molar-refractivity contribution in [1.82, 2.24) is 5.16 Å². The highest BCUT2D eigenvalue weighted by molar-refractivity contribution is 5.87. The fraction of sp³-hybridized carbons (Fsp3) is 0.118. The molecule has 3 N–H and O–H groups in total. The standard InChI is InChI=1S/C17H17N3O/c18-11-12-19-17-15(13-7-3-1-4-8-13)16(20-21-17)14-9-5-2-6-10-14/h1-10,19H,11-12,18H2. The first kappa shape index (κ1) is 13.4. The van der Waals surface area contributed by atoms with Crippen LogP contribution >= 0.6 is 0 Å². The summed E-state index contributed by atoms with van der Waals surface area (Å²) in [5, 5.41) is 7.43. The van der Waals surface area contributed by atoms with Crippen LogP contribution in [0.25, 0.3) is 22.4 Å². The van der Waals surface area contributed by atoms with E-state index in [2.05, 4.69) is 10.5 Å². The molecule has 0 spiro atoms. The van der Waals surface area contributed by atoms with Crippen LogP contribution in [0.4, 0.5) is 5.88 Å². The molecule has 0 aliphatic carbocycles. The first-order valence-corrected chi connectivity index (χ1v) is 6.94. The van der Waals surface area contributed by atoms with Gasteiger partial charge in [-0.25, -0.2) is 0 Å². The predicted octanol–water partition coefficient (Wildman–Crippen LogP) is 3.38. The molecule has 0 amide bonds. The van der Waals surface area contributed by atoms with E-state index in [0.29, 0.717) is 19.0 Å². The summed E-state index contributed by atoms with van der Waals surface area (Å²) in [6.45, 7) is 1.18. The van der Waals surface area contributed by atoms with Crippen molar-refractivity contribution < 1.29 is 4.52 Å². The van der Waals surface area contributed by atoms with Gasteiger partial charge < -0.3 is 15.6 Å². The van der Waals surface area contributed by atoms with Crippen molar-refractivity contribution in [2.24, 2.45) is 5.73 Å². The van der Waals surface area contributed by atoms with E-state index in [1.807, 2.05) is 60.7 Å². The fourth-order valence-electron chi connectivity index (χ4n) is 2.26. The molecule has 0 bridgehead atoms. The zero-order chi connectivity index (χ0) is 14.5. The van der Waals surface area contributed by atoms with E-state index in [9.17, 15) is 0 Å². The van der Waals surface area contributed by atoms with Crippen molar-refractivity contribution in [2.75, 3.05) is 18.4 Å². The molecule has 0 radical (unpaired) electrons. The summed E-state index contributed by atoms with van der Waals surface area (Å²) >= 11 is 0. The third-order valence-electron chi connectivity index (χ3n) is 3.23. The molecular formula is C17H17N3O. The van der Waals surface area contributed by atoms with Crippen LogP contribution in [0.2, 0.25) is 0 Å². The Balaban J connectivity index is 2.11. The third kappa shape index (κ3) is 2.80. The highest BCUT2D eigenvalue weighted by atomic mass is 16.5. The highest BCUT2D eigenvalue weighted by Crippen LogP contribution is 2.37. The van der Waals surface area contributed by atoms with Gasteiger partial charge in [0.2, 0.25) is 5.88 Å². The van der Waals surface area contributed by atoms with Gasteiger partial charge in [-0.1, -0.05) is 65.8 Å². The maximum absolute atomic E-state index is 5.56. The monoisotopic (exact) mass is 279 g/mol. The number of anilines is 1. The lowest BCUT2D eigenvalue weighted by Crippen LogP contribution is -2.13. The van der Waals surface area contributed by atoms with Gasteiger partial charge in [0.25, 0.3) is 0 Å². The lowest BCUT2D eigenvalue weighted by atomic mass is 10.0. The Morgan fingerprint density at radius 1 is 0.905 bits per heavy atom. The van der Waals surface area contributed by atoms with Crippen LogP contribution in [-0.4, -0.2) is 18.2 Å². The van der Waals surface area contributed by atoms with E-state index >= 15 is 0 Å². The van der Waals surface area contributed by atoms with Gasteiger partial charge >= 0.3 is 0 Å². The molecule has 0 saturated heterocycles. The van der Waals surface area contributed by atoms with E-state index in [1.54, 1.807) is 0 Å². The SMILES string of the molecule is NCCNc1onc(-c2ccccc2)c1-c1ccccc1. The minimum atomic E-state index is 0.537. The average molecular weight is 279 g/mol. The fourth-order valence-corrected chi connectivity index (χ4v) is 2.26. The molecule has 21 heavy (non-hydrogen) atoms. The van der Waals surface area contributed by atoms with Crippen molar-refractivity contribution >= 4 is 5.88 Å². The van der Waals surface area contributed by atoms with Crippen LogP contribution in [0.3, 0.4) is 0 Å². The molecule has 0 fully saturated rings. The van der Waals surface area contributed by atoms with Crippen LogP contribution in [0.1, 0.15) is 0 Å². The summed E-state index contributed by atoms with van der Waals surface area (Å²) in [5.74, 6) is 0.658. The topological polar surface area (TPSA) is 64.1 Å². The number of benzene rings is 2. The van der Waals surface area contributed by atoms with Crippen molar-refractivity contribution in [2.45, 2.75) is 0 Å². The van der Waals surface area contributed by atoms with E-state index < -0.39 is 0 Å². The van der Waals surface area contributed by atoms with Crippen molar-refractivity contribution in [3.8, 4) is 22.4 Å². The molecule has 1 heterocycles. The summed E-state index contributed by atoms with van der Waals surface area (Å²) in [4.78, 5) is 0. The lowest BCUT2D eigenvalue weighted by Gasteiger charge is -2.06. The van der Waals surface area contributed by atoms with Gasteiger partial charge in [0.05, 0.1) is 5.56 Å². The maximum atomic E-state index is 5.56. The van der Waals surface area contributed by atoms with Crippen molar-refractivity contribution in [1.29, 1.82) is 0 Å².